The van der Waals surface area contributed by atoms with Crippen LogP contribution >= 0.6 is 28.6 Å². The van der Waals surface area contributed by atoms with E-state index in [0.29, 0.717) is 6.61 Å². The van der Waals surface area contributed by atoms with Crippen molar-refractivity contribution in [1.29, 1.82) is 5.41 Å². The van der Waals surface area contributed by atoms with Crippen LogP contribution < -0.4 is 0 Å². The Balaban J connectivity index is 2.90. The molecule has 0 aliphatic carbocycles. The van der Waals surface area contributed by atoms with Crippen LogP contribution in [-0.4, -0.2) is 12.5 Å². The Morgan fingerprint density at radius 2 is 2.31 bits per heavy atom. The summed E-state index contributed by atoms with van der Waals surface area (Å²) in [6, 6.07) is 5.46. The number of benzene rings is 1. The number of hydrogen-bond acceptors (Lipinski definition) is 3. The van der Waals surface area contributed by atoms with Gasteiger partial charge < -0.3 is 4.74 Å². The molecule has 4 heteroatoms. The third-order valence-electron chi connectivity index (χ3n) is 1.50. The minimum atomic E-state index is 0.191. The van der Waals surface area contributed by atoms with E-state index in [2.05, 4.69) is 28.6 Å². The van der Waals surface area contributed by atoms with E-state index in [-0.39, 0.29) is 5.90 Å². The SMILES string of the molecule is CCOC(=N)c1ccc(S)c(Br)c1. The van der Waals surface area contributed by atoms with Crippen LogP contribution in [0.1, 0.15) is 12.5 Å². The fourth-order valence-corrected chi connectivity index (χ4v) is 1.39. The second kappa shape index (κ2) is 4.67. The molecule has 1 aromatic carbocycles. The van der Waals surface area contributed by atoms with Crippen LogP contribution in [0.15, 0.2) is 27.6 Å². The summed E-state index contributed by atoms with van der Waals surface area (Å²) in [6.07, 6.45) is 0. The molecule has 0 radical (unpaired) electrons. The van der Waals surface area contributed by atoms with Gasteiger partial charge in [-0.15, -0.1) is 12.6 Å². The monoisotopic (exact) mass is 259 g/mol. The standard InChI is InChI=1S/C9H10BrNOS/c1-2-12-9(11)6-3-4-8(13)7(10)5-6/h3-5,11,13H,2H2,1H3. The van der Waals surface area contributed by atoms with Crippen molar-refractivity contribution in [3.8, 4) is 0 Å². The first-order valence-corrected chi connectivity index (χ1v) is 5.09. The first kappa shape index (κ1) is 10.6. The molecule has 0 amide bonds. The van der Waals surface area contributed by atoms with Crippen molar-refractivity contribution in [3.05, 3.63) is 28.2 Å². The smallest absolute Gasteiger partial charge is 0.213 e. The van der Waals surface area contributed by atoms with Crippen molar-refractivity contribution < 1.29 is 4.74 Å². The van der Waals surface area contributed by atoms with E-state index in [1.54, 1.807) is 0 Å². The molecule has 0 aliphatic rings. The lowest BCUT2D eigenvalue weighted by molar-refractivity contribution is 0.325. The lowest BCUT2D eigenvalue weighted by Crippen LogP contribution is -2.04. The van der Waals surface area contributed by atoms with Crippen LogP contribution in [0.5, 0.6) is 0 Å². The molecule has 0 aliphatic heterocycles. The van der Waals surface area contributed by atoms with Crippen molar-refractivity contribution >= 4 is 34.5 Å². The van der Waals surface area contributed by atoms with Gasteiger partial charge in [-0.05, 0) is 41.1 Å². The van der Waals surface area contributed by atoms with Crippen LogP contribution in [-0.2, 0) is 4.74 Å². The van der Waals surface area contributed by atoms with Crippen LogP contribution in [0.4, 0.5) is 0 Å². The Morgan fingerprint density at radius 1 is 1.62 bits per heavy atom. The molecule has 0 bridgehead atoms. The summed E-state index contributed by atoms with van der Waals surface area (Å²) in [5.74, 6) is 0.191. The molecule has 0 heterocycles. The largest absolute Gasteiger partial charge is 0.478 e. The lowest BCUT2D eigenvalue weighted by Gasteiger charge is -2.05. The van der Waals surface area contributed by atoms with Crippen LogP contribution in [0.2, 0.25) is 0 Å². The summed E-state index contributed by atoms with van der Waals surface area (Å²) < 4.78 is 5.93. The number of ether oxygens (including phenoxy) is 1. The zero-order chi connectivity index (χ0) is 9.84. The first-order valence-electron chi connectivity index (χ1n) is 3.85. The Morgan fingerprint density at radius 3 is 2.85 bits per heavy atom. The molecule has 0 saturated heterocycles. The highest BCUT2D eigenvalue weighted by Crippen LogP contribution is 2.21. The molecule has 2 nitrogen and oxygen atoms in total. The summed E-state index contributed by atoms with van der Waals surface area (Å²) in [6.45, 7) is 2.37. The Hall–Kier alpha value is -0.480. The van der Waals surface area contributed by atoms with Crippen LogP contribution in [0, 0.1) is 5.41 Å². The average Bonchev–Trinajstić information content (AvgIpc) is 2.10. The molecule has 0 unspecified atom stereocenters. The predicted molar refractivity (Wildman–Crippen MR) is 59.8 cm³/mol. The average molecular weight is 260 g/mol. The van der Waals surface area contributed by atoms with Gasteiger partial charge in [-0.2, -0.15) is 0 Å². The Labute approximate surface area is 91.3 Å². The van der Waals surface area contributed by atoms with Crippen molar-refractivity contribution in [1.82, 2.24) is 0 Å². The molecule has 13 heavy (non-hydrogen) atoms. The zero-order valence-electron chi connectivity index (χ0n) is 7.17. The second-order valence-corrected chi connectivity index (χ2v) is 3.76. The summed E-state index contributed by atoms with van der Waals surface area (Å²) in [5.41, 5.74) is 0.756. The number of thiol groups is 1. The van der Waals surface area contributed by atoms with E-state index in [1.807, 2.05) is 25.1 Å². The van der Waals surface area contributed by atoms with E-state index in [1.165, 1.54) is 0 Å². The normalized spacial score (nSPS) is 9.77. The third kappa shape index (κ3) is 2.74. The highest BCUT2D eigenvalue weighted by atomic mass is 79.9. The molecule has 0 saturated carbocycles. The Kier molecular flexibility index (Phi) is 3.81. The van der Waals surface area contributed by atoms with Gasteiger partial charge in [0.25, 0.3) is 0 Å². The van der Waals surface area contributed by atoms with Crippen LogP contribution in [0.25, 0.3) is 0 Å². The van der Waals surface area contributed by atoms with Crippen molar-refractivity contribution in [2.75, 3.05) is 6.61 Å². The second-order valence-electron chi connectivity index (χ2n) is 2.43. The quantitative estimate of drug-likeness (QED) is 0.478. The molecule has 0 atom stereocenters. The van der Waals surface area contributed by atoms with Gasteiger partial charge in [0.05, 0.1) is 6.61 Å². The molecule has 1 aromatic rings. The molecule has 1 rings (SSSR count). The van der Waals surface area contributed by atoms with Gasteiger partial charge in [0, 0.05) is 14.9 Å². The molecule has 0 fully saturated rings. The molecule has 0 spiro atoms. The number of hydrogen-bond donors (Lipinski definition) is 2. The van der Waals surface area contributed by atoms with Gasteiger partial charge in [-0.25, -0.2) is 0 Å². The zero-order valence-corrected chi connectivity index (χ0v) is 9.65. The van der Waals surface area contributed by atoms with E-state index >= 15 is 0 Å². The highest BCUT2D eigenvalue weighted by Gasteiger charge is 2.03. The molecular formula is C9H10BrNOS. The van der Waals surface area contributed by atoms with Gasteiger partial charge in [0.1, 0.15) is 0 Å². The molecule has 0 aromatic heterocycles. The topological polar surface area (TPSA) is 33.1 Å². The fourth-order valence-electron chi connectivity index (χ4n) is 0.876. The Bertz CT molecular complexity index is 327. The van der Waals surface area contributed by atoms with Gasteiger partial charge >= 0.3 is 0 Å². The maximum Gasteiger partial charge on any atom is 0.213 e. The van der Waals surface area contributed by atoms with Crippen molar-refractivity contribution in [3.63, 3.8) is 0 Å². The van der Waals surface area contributed by atoms with Crippen molar-refractivity contribution in [2.24, 2.45) is 0 Å². The number of halogens is 1. The summed E-state index contributed by atoms with van der Waals surface area (Å²) in [7, 11) is 0. The van der Waals surface area contributed by atoms with E-state index < -0.39 is 0 Å². The van der Waals surface area contributed by atoms with Crippen molar-refractivity contribution in [2.45, 2.75) is 11.8 Å². The van der Waals surface area contributed by atoms with Gasteiger partial charge in [-0.1, -0.05) is 0 Å². The fraction of sp³-hybridized carbons (Fsp3) is 0.222. The minimum Gasteiger partial charge on any atom is -0.478 e. The summed E-state index contributed by atoms with van der Waals surface area (Å²) in [5, 5.41) is 7.53. The minimum absolute atomic E-state index is 0.191. The maximum atomic E-state index is 7.53. The predicted octanol–water partition coefficient (Wildman–Crippen LogP) is 3.10. The van der Waals surface area contributed by atoms with Gasteiger partial charge in [0.2, 0.25) is 5.90 Å². The number of nitrogens with one attached hydrogen (secondary N) is 1. The number of rotatable bonds is 2. The molecular weight excluding hydrogens is 250 g/mol. The van der Waals surface area contributed by atoms with E-state index in [9.17, 15) is 0 Å². The van der Waals surface area contributed by atoms with Gasteiger partial charge in [0.15, 0.2) is 0 Å². The van der Waals surface area contributed by atoms with E-state index in [0.717, 1.165) is 14.9 Å². The summed E-state index contributed by atoms with van der Waals surface area (Å²) >= 11 is 7.54. The van der Waals surface area contributed by atoms with E-state index in [4.69, 9.17) is 10.1 Å². The first-order chi connectivity index (χ1) is 6.15. The summed E-state index contributed by atoms with van der Waals surface area (Å²) in [4.78, 5) is 0.855. The molecule has 70 valence electrons. The highest BCUT2D eigenvalue weighted by molar-refractivity contribution is 9.10. The maximum absolute atomic E-state index is 7.53. The van der Waals surface area contributed by atoms with Crippen LogP contribution in [0.3, 0.4) is 0 Å². The third-order valence-corrected chi connectivity index (χ3v) is 2.85. The lowest BCUT2D eigenvalue weighted by atomic mass is 10.2. The molecule has 1 N–H and O–H groups in total. The van der Waals surface area contributed by atoms with Gasteiger partial charge in [-0.3, -0.25) is 5.41 Å².